The van der Waals surface area contributed by atoms with Crippen molar-refractivity contribution in [2.75, 3.05) is 32.2 Å². The Balaban J connectivity index is 1.71. The number of carbonyl (C=O) groups is 2. The van der Waals surface area contributed by atoms with Crippen LogP contribution < -0.4 is 4.90 Å². The summed E-state index contributed by atoms with van der Waals surface area (Å²) in [6.07, 6.45) is 1.90. The summed E-state index contributed by atoms with van der Waals surface area (Å²) in [7, 11) is 3.91. The highest BCUT2D eigenvalue weighted by molar-refractivity contribution is 5.96. The molecule has 1 unspecified atom stereocenters. The van der Waals surface area contributed by atoms with Gasteiger partial charge in [-0.2, -0.15) is 0 Å². The zero-order chi connectivity index (χ0) is 21.0. The smallest absolute Gasteiger partial charge is 0.338 e. The second-order valence-corrected chi connectivity index (χ2v) is 7.45. The largest absolute Gasteiger partial charge is 0.458 e. The van der Waals surface area contributed by atoms with E-state index >= 15 is 0 Å². The molecule has 0 amide bonds. The highest BCUT2D eigenvalue weighted by Gasteiger charge is 2.44. The van der Waals surface area contributed by atoms with E-state index in [4.69, 9.17) is 9.47 Å². The van der Waals surface area contributed by atoms with Crippen molar-refractivity contribution < 1.29 is 24.2 Å². The number of benzene rings is 2. The van der Waals surface area contributed by atoms with Gasteiger partial charge >= 0.3 is 11.9 Å². The first-order valence-electron chi connectivity index (χ1n) is 9.38. The summed E-state index contributed by atoms with van der Waals surface area (Å²) in [5, 5.41) is 9.85. The van der Waals surface area contributed by atoms with Crippen molar-refractivity contribution >= 4 is 23.7 Å². The molecule has 6 heteroatoms. The van der Waals surface area contributed by atoms with Crippen LogP contribution in [0, 0.1) is 6.92 Å². The standard InChI is InChI=1S/C23H25NO5/c1-16-6-4-5-7-20(16)22(27)28-15-23(14-25)13-18(21(26)29-23)12-17-8-10-19(11-9-17)24(2)3/h4-12,25H,13-15H2,1-3H3/b18-12+. The predicted octanol–water partition coefficient (Wildman–Crippen LogP) is 2.98. The number of anilines is 1. The lowest BCUT2D eigenvalue weighted by Gasteiger charge is -2.24. The number of aliphatic hydroxyl groups is 1. The van der Waals surface area contributed by atoms with Gasteiger partial charge in [0.1, 0.15) is 6.61 Å². The molecule has 2 aromatic rings. The molecule has 0 aromatic heterocycles. The number of rotatable bonds is 6. The Bertz CT molecular complexity index is 933. The topological polar surface area (TPSA) is 76.1 Å². The van der Waals surface area contributed by atoms with E-state index in [0.717, 1.165) is 16.8 Å². The third-order valence-corrected chi connectivity index (χ3v) is 4.95. The Labute approximate surface area is 170 Å². The van der Waals surface area contributed by atoms with E-state index < -0.39 is 24.1 Å². The van der Waals surface area contributed by atoms with Gasteiger partial charge in [0.2, 0.25) is 0 Å². The number of esters is 2. The molecule has 29 heavy (non-hydrogen) atoms. The van der Waals surface area contributed by atoms with Gasteiger partial charge in [-0.3, -0.25) is 0 Å². The molecule has 6 nitrogen and oxygen atoms in total. The first-order chi connectivity index (χ1) is 13.8. The first kappa shape index (κ1) is 20.6. The molecule has 2 aromatic carbocycles. The molecule has 3 rings (SSSR count). The average molecular weight is 395 g/mol. The van der Waals surface area contributed by atoms with E-state index in [-0.39, 0.29) is 13.0 Å². The zero-order valence-corrected chi connectivity index (χ0v) is 16.8. The van der Waals surface area contributed by atoms with Gasteiger partial charge in [0.25, 0.3) is 0 Å². The van der Waals surface area contributed by atoms with Crippen LogP contribution in [-0.4, -0.2) is 50.0 Å². The molecule has 0 radical (unpaired) electrons. The van der Waals surface area contributed by atoms with Crippen molar-refractivity contribution in [1.29, 1.82) is 0 Å². The molecule has 1 heterocycles. The molecule has 0 aliphatic carbocycles. The van der Waals surface area contributed by atoms with Gasteiger partial charge in [0.15, 0.2) is 5.60 Å². The van der Waals surface area contributed by atoms with Crippen LogP contribution in [-0.2, 0) is 14.3 Å². The predicted molar refractivity (Wildman–Crippen MR) is 111 cm³/mol. The van der Waals surface area contributed by atoms with Gasteiger partial charge in [-0.15, -0.1) is 0 Å². The van der Waals surface area contributed by atoms with E-state index in [1.165, 1.54) is 0 Å². The Kier molecular flexibility index (Phi) is 6.03. The molecule has 0 bridgehead atoms. The van der Waals surface area contributed by atoms with Crippen LogP contribution in [0.1, 0.15) is 27.9 Å². The maximum Gasteiger partial charge on any atom is 0.338 e. The summed E-state index contributed by atoms with van der Waals surface area (Å²) in [5.41, 5.74) is 2.32. The molecule has 1 fully saturated rings. The monoisotopic (exact) mass is 395 g/mol. The lowest BCUT2D eigenvalue weighted by molar-refractivity contribution is -0.154. The maximum atomic E-state index is 12.4. The Morgan fingerprint density at radius 1 is 1.21 bits per heavy atom. The highest BCUT2D eigenvalue weighted by atomic mass is 16.6. The van der Waals surface area contributed by atoms with Crippen LogP contribution in [0.3, 0.4) is 0 Å². The third-order valence-electron chi connectivity index (χ3n) is 4.95. The van der Waals surface area contributed by atoms with E-state index in [1.807, 2.05) is 62.3 Å². The van der Waals surface area contributed by atoms with Crippen molar-refractivity contribution in [2.24, 2.45) is 0 Å². The van der Waals surface area contributed by atoms with Crippen molar-refractivity contribution in [3.05, 3.63) is 70.8 Å². The third kappa shape index (κ3) is 4.66. The number of aliphatic hydroxyl groups excluding tert-OH is 1. The molecule has 0 saturated carbocycles. The molecule has 152 valence electrons. The van der Waals surface area contributed by atoms with Gasteiger partial charge in [0.05, 0.1) is 12.2 Å². The zero-order valence-electron chi connectivity index (χ0n) is 16.8. The Morgan fingerprint density at radius 2 is 1.90 bits per heavy atom. The molecule has 1 aliphatic rings. The van der Waals surface area contributed by atoms with Crippen molar-refractivity contribution in [1.82, 2.24) is 0 Å². The van der Waals surface area contributed by atoms with Crippen LogP contribution in [0.4, 0.5) is 5.69 Å². The van der Waals surface area contributed by atoms with Gasteiger partial charge in [-0.25, -0.2) is 9.59 Å². The van der Waals surface area contributed by atoms with E-state index in [1.54, 1.807) is 18.2 Å². The number of hydrogen-bond acceptors (Lipinski definition) is 6. The summed E-state index contributed by atoms with van der Waals surface area (Å²) in [6.45, 7) is 1.17. The lowest BCUT2D eigenvalue weighted by Crippen LogP contribution is -2.39. The molecular weight excluding hydrogens is 370 g/mol. The van der Waals surface area contributed by atoms with Crippen LogP contribution in [0.5, 0.6) is 0 Å². The highest BCUT2D eigenvalue weighted by Crippen LogP contribution is 2.33. The van der Waals surface area contributed by atoms with Crippen molar-refractivity contribution in [3.63, 3.8) is 0 Å². The van der Waals surface area contributed by atoms with E-state index in [0.29, 0.717) is 11.1 Å². The number of ether oxygens (including phenoxy) is 2. The van der Waals surface area contributed by atoms with Crippen molar-refractivity contribution in [3.8, 4) is 0 Å². The van der Waals surface area contributed by atoms with Gasteiger partial charge in [0, 0.05) is 31.8 Å². The average Bonchev–Trinajstić information content (AvgIpc) is 3.03. The maximum absolute atomic E-state index is 12.4. The number of hydrogen-bond donors (Lipinski definition) is 1. The minimum Gasteiger partial charge on any atom is -0.458 e. The molecule has 1 saturated heterocycles. The second-order valence-electron chi connectivity index (χ2n) is 7.45. The fraction of sp³-hybridized carbons (Fsp3) is 0.304. The SMILES string of the molecule is Cc1ccccc1C(=O)OCC1(CO)C/C(=C\c2ccc(N(C)C)cc2)C(=O)O1. The molecule has 1 N–H and O–H groups in total. The number of carbonyl (C=O) groups excluding carboxylic acids is 2. The molecule has 1 aliphatic heterocycles. The van der Waals surface area contributed by atoms with Gasteiger partial charge < -0.3 is 19.5 Å². The normalized spacial score (nSPS) is 19.9. The fourth-order valence-electron chi connectivity index (χ4n) is 3.19. The number of cyclic esters (lactones) is 1. The molecule has 0 spiro atoms. The van der Waals surface area contributed by atoms with Gasteiger partial charge in [-0.1, -0.05) is 30.3 Å². The summed E-state index contributed by atoms with van der Waals surface area (Å²) in [6, 6.07) is 14.8. The quantitative estimate of drug-likeness (QED) is 0.599. The lowest BCUT2D eigenvalue weighted by atomic mass is 9.98. The van der Waals surface area contributed by atoms with Crippen molar-refractivity contribution in [2.45, 2.75) is 18.9 Å². The molecule has 1 atom stereocenters. The summed E-state index contributed by atoms with van der Waals surface area (Å²) < 4.78 is 10.8. The van der Waals surface area contributed by atoms with Crippen LogP contribution in [0.25, 0.3) is 6.08 Å². The van der Waals surface area contributed by atoms with E-state index in [9.17, 15) is 14.7 Å². The number of aryl methyl sites for hydroxylation is 1. The first-order valence-corrected chi connectivity index (χ1v) is 9.38. The van der Waals surface area contributed by atoms with Crippen LogP contribution in [0.15, 0.2) is 54.1 Å². The Hall–Kier alpha value is -3.12. The molecular formula is C23H25NO5. The summed E-state index contributed by atoms with van der Waals surface area (Å²) in [4.78, 5) is 26.7. The van der Waals surface area contributed by atoms with Gasteiger partial charge in [-0.05, 0) is 42.3 Å². The minimum atomic E-state index is -1.26. The second kappa shape index (κ2) is 8.49. The van der Waals surface area contributed by atoms with Crippen LogP contribution in [0.2, 0.25) is 0 Å². The van der Waals surface area contributed by atoms with E-state index in [2.05, 4.69) is 0 Å². The summed E-state index contributed by atoms with van der Waals surface area (Å²) >= 11 is 0. The van der Waals surface area contributed by atoms with Crippen LogP contribution >= 0.6 is 0 Å². The summed E-state index contributed by atoms with van der Waals surface area (Å²) in [5.74, 6) is -1.02. The Morgan fingerprint density at radius 3 is 2.52 bits per heavy atom. The minimum absolute atomic E-state index is 0.165. The fourth-order valence-corrected chi connectivity index (χ4v) is 3.19. The number of nitrogens with zero attached hydrogens (tertiary/aromatic N) is 1.